The highest BCUT2D eigenvalue weighted by Crippen LogP contribution is 2.29. The molecule has 2 aliphatic heterocycles. The lowest BCUT2D eigenvalue weighted by atomic mass is 9.81. The monoisotopic (exact) mass is 295 g/mol. The molecule has 0 aromatic rings. The summed E-state index contributed by atoms with van der Waals surface area (Å²) in [5, 5.41) is 12.0. The van der Waals surface area contributed by atoms with Gasteiger partial charge in [-0.05, 0) is 12.8 Å². The summed E-state index contributed by atoms with van der Waals surface area (Å²) in [4.78, 5) is 25.9. The summed E-state index contributed by atoms with van der Waals surface area (Å²) in [7, 11) is 0. The smallest absolute Gasteiger partial charge is 0.240 e. The molecule has 2 saturated heterocycles. The zero-order valence-electron chi connectivity index (χ0n) is 12.1. The van der Waals surface area contributed by atoms with Crippen molar-refractivity contribution < 1.29 is 19.1 Å². The molecule has 0 aromatic heterocycles. The SMILES string of the molecule is N#CC1(C(=O)NCCC(=O)N2CCOCC2)CCOCC1. The molecule has 0 radical (unpaired) electrons. The lowest BCUT2D eigenvalue weighted by Gasteiger charge is -2.29. The number of hydrogen-bond acceptors (Lipinski definition) is 5. The summed E-state index contributed by atoms with van der Waals surface area (Å²) < 4.78 is 10.4. The minimum absolute atomic E-state index is 0.0107. The maximum Gasteiger partial charge on any atom is 0.240 e. The highest BCUT2D eigenvalue weighted by Gasteiger charge is 2.40. The number of amides is 2. The fraction of sp³-hybridized carbons (Fsp3) is 0.786. The van der Waals surface area contributed by atoms with Crippen LogP contribution in [0, 0.1) is 16.7 Å². The van der Waals surface area contributed by atoms with E-state index in [-0.39, 0.29) is 24.8 Å². The van der Waals surface area contributed by atoms with Crippen LogP contribution in [0.3, 0.4) is 0 Å². The minimum atomic E-state index is -1.000. The van der Waals surface area contributed by atoms with Crippen molar-refractivity contribution in [2.45, 2.75) is 19.3 Å². The number of carbonyl (C=O) groups excluding carboxylic acids is 2. The molecule has 2 rings (SSSR count). The first-order valence-electron chi connectivity index (χ1n) is 7.31. The summed E-state index contributed by atoms with van der Waals surface area (Å²) in [6.45, 7) is 3.45. The Balaban J connectivity index is 1.75. The fourth-order valence-corrected chi connectivity index (χ4v) is 2.53. The molecule has 0 aromatic carbocycles. The van der Waals surface area contributed by atoms with E-state index >= 15 is 0 Å². The number of morpholine rings is 1. The Morgan fingerprint density at radius 2 is 1.76 bits per heavy atom. The van der Waals surface area contributed by atoms with Gasteiger partial charge in [0.25, 0.3) is 0 Å². The van der Waals surface area contributed by atoms with Gasteiger partial charge >= 0.3 is 0 Å². The van der Waals surface area contributed by atoms with E-state index in [0.29, 0.717) is 52.4 Å². The van der Waals surface area contributed by atoms with Gasteiger partial charge in [0.15, 0.2) is 0 Å². The summed E-state index contributed by atoms with van der Waals surface area (Å²) in [6, 6.07) is 2.11. The van der Waals surface area contributed by atoms with Gasteiger partial charge in [0, 0.05) is 39.3 Å². The molecular formula is C14H21N3O4. The quantitative estimate of drug-likeness (QED) is 0.767. The first-order valence-corrected chi connectivity index (χ1v) is 7.31. The first kappa shape index (κ1) is 15.7. The number of carbonyl (C=O) groups is 2. The molecule has 0 unspecified atom stereocenters. The van der Waals surface area contributed by atoms with Crippen molar-refractivity contribution in [3.05, 3.63) is 0 Å². The zero-order chi connectivity index (χ0) is 15.1. The summed E-state index contributed by atoms with van der Waals surface area (Å²) in [6.07, 6.45) is 1.07. The van der Waals surface area contributed by atoms with Gasteiger partial charge < -0.3 is 19.7 Å². The second-order valence-electron chi connectivity index (χ2n) is 5.31. The van der Waals surface area contributed by atoms with Gasteiger partial charge in [0.1, 0.15) is 5.41 Å². The van der Waals surface area contributed by atoms with Crippen molar-refractivity contribution >= 4 is 11.8 Å². The van der Waals surface area contributed by atoms with Crippen molar-refractivity contribution in [3.63, 3.8) is 0 Å². The molecule has 0 bridgehead atoms. The van der Waals surface area contributed by atoms with Crippen LogP contribution < -0.4 is 5.32 Å². The first-order chi connectivity index (χ1) is 10.2. The maximum atomic E-state index is 12.2. The van der Waals surface area contributed by atoms with Gasteiger partial charge in [-0.15, -0.1) is 0 Å². The largest absolute Gasteiger partial charge is 0.381 e. The molecule has 7 heteroatoms. The number of nitrogens with zero attached hydrogens (tertiary/aromatic N) is 2. The molecule has 0 saturated carbocycles. The van der Waals surface area contributed by atoms with Crippen molar-refractivity contribution in [1.29, 1.82) is 5.26 Å². The lowest BCUT2D eigenvalue weighted by molar-refractivity contribution is -0.135. The summed E-state index contributed by atoms with van der Waals surface area (Å²) >= 11 is 0. The van der Waals surface area contributed by atoms with Crippen LogP contribution in [-0.2, 0) is 19.1 Å². The molecule has 0 aliphatic carbocycles. The van der Waals surface area contributed by atoms with Crippen molar-refractivity contribution in [2.24, 2.45) is 5.41 Å². The average Bonchev–Trinajstić information content (AvgIpc) is 2.56. The van der Waals surface area contributed by atoms with Crippen LogP contribution in [0.5, 0.6) is 0 Å². The molecule has 1 N–H and O–H groups in total. The average molecular weight is 295 g/mol. The van der Waals surface area contributed by atoms with E-state index in [2.05, 4.69) is 11.4 Å². The van der Waals surface area contributed by atoms with Crippen LogP contribution in [-0.4, -0.2) is 62.8 Å². The number of rotatable bonds is 4. The van der Waals surface area contributed by atoms with Crippen LogP contribution in [0.25, 0.3) is 0 Å². The van der Waals surface area contributed by atoms with E-state index in [1.807, 2.05) is 0 Å². The molecule has 2 amide bonds. The van der Waals surface area contributed by atoms with Gasteiger partial charge in [-0.1, -0.05) is 0 Å². The third-order valence-electron chi connectivity index (χ3n) is 3.98. The standard InChI is InChI=1S/C14H21N3O4/c15-11-14(2-7-20-8-3-14)13(19)16-4-1-12(18)17-5-9-21-10-6-17/h1-10H2,(H,16,19). The van der Waals surface area contributed by atoms with E-state index in [0.717, 1.165) is 0 Å². The molecule has 21 heavy (non-hydrogen) atoms. The van der Waals surface area contributed by atoms with Crippen molar-refractivity contribution in [3.8, 4) is 6.07 Å². The predicted molar refractivity (Wildman–Crippen MR) is 73.1 cm³/mol. The van der Waals surface area contributed by atoms with Gasteiger partial charge in [-0.3, -0.25) is 9.59 Å². The van der Waals surface area contributed by atoms with E-state index in [4.69, 9.17) is 9.47 Å². The van der Waals surface area contributed by atoms with Crippen LogP contribution in [0.1, 0.15) is 19.3 Å². The Morgan fingerprint density at radius 1 is 1.14 bits per heavy atom. The Labute approximate surface area is 124 Å². The second-order valence-corrected chi connectivity index (χ2v) is 5.31. The second kappa shape index (κ2) is 7.38. The molecule has 2 aliphatic rings. The molecule has 2 fully saturated rings. The molecule has 0 spiro atoms. The maximum absolute atomic E-state index is 12.2. The molecule has 7 nitrogen and oxygen atoms in total. The Morgan fingerprint density at radius 3 is 2.38 bits per heavy atom. The highest BCUT2D eigenvalue weighted by molar-refractivity contribution is 5.86. The van der Waals surface area contributed by atoms with Gasteiger partial charge in [-0.25, -0.2) is 0 Å². The topological polar surface area (TPSA) is 91.7 Å². The Bertz CT molecular complexity index is 420. The van der Waals surface area contributed by atoms with Gasteiger partial charge in [0.2, 0.25) is 11.8 Å². The van der Waals surface area contributed by atoms with E-state index in [1.54, 1.807) is 4.90 Å². The Hall–Kier alpha value is -1.65. The van der Waals surface area contributed by atoms with Crippen LogP contribution >= 0.6 is 0 Å². The van der Waals surface area contributed by atoms with E-state index < -0.39 is 5.41 Å². The van der Waals surface area contributed by atoms with Crippen molar-refractivity contribution in [1.82, 2.24) is 10.2 Å². The van der Waals surface area contributed by atoms with E-state index in [1.165, 1.54) is 0 Å². The number of nitrogens with one attached hydrogen (secondary N) is 1. The summed E-state index contributed by atoms with van der Waals surface area (Å²) in [5.41, 5.74) is -1.000. The van der Waals surface area contributed by atoms with E-state index in [9.17, 15) is 14.9 Å². The van der Waals surface area contributed by atoms with Crippen molar-refractivity contribution in [2.75, 3.05) is 46.1 Å². The number of ether oxygens (including phenoxy) is 2. The van der Waals surface area contributed by atoms with Crippen LogP contribution in [0.2, 0.25) is 0 Å². The van der Waals surface area contributed by atoms with Gasteiger partial charge in [0.05, 0.1) is 19.3 Å². The Kier molecular flexibility index (Phi) is 5.53. The molecule has 0 atom stereocenters. The van der Waals surface area contributed by atoms with Crippen LogP contribution in [0.15, 0.2) is 0 Å². The number of hydrogen-bond donors (Lipinski definition) is 1. The fourth-order valence-electron chi connectivity index (χ4n) is 2.53. The predicted octanol–water partition coefficient (Wildman–Crippen LogP) is -0.328. The normalized spacial score (nSPS) is 21.4. The molecule has 116 valence electrons. The minimum Gasteiger partial charge on any atom is -0.381 e. The molecule has 2 heterocycles. The third-order valence-corrected chi connectivity index (χ3v) is 3.98. The third kappa shape index (κ3) is 3.93. The number of nitriles is 1. The zero-order valence-corrected chi connectivity index (χ0v) is 12.1. The van der Waals surface area contributed by atoms with Gasteiger partial charge in [-0.2, -0.15) is 5.26 Å². The summed E-state index contributed by atoms with van der Waals surface area (Å²) in [5.74, 6) is -0.278. The highest BCUT2D eigenvalue weighted by atomic mass is 16.5. The van der Waals surface area contributed by atoms with Crippen LogP contribution in [0.4, 0.5) is 0 Å². The lowest BCUT2D eigenvalue weighted by Crippen LogP contribution is -2.45. The molecular weight excluding hydrogens is 274 g/mol.